The average molecular weight is 192 g/mol. The third-order valence-electron chi connectivity index (χ3n) is 1.96. The van der Waals surface area contributed by atoms with Gasteiger partial charge in [0.1, 0.15) is 5.69 Å². The zero-order chi connectivity index (χ0) is 9.97. The maximum absolute atomic E-state index is 5.94. The predicted octanol–water partition coefficient (Wildman–Crippen LogP) is -0.288. The van der Waals surface area contributed by atoms with Crippen molar-refractivity contribution in [3.63, 3.8) is 0 Å². The number of rotatable bonds is 3. The second-order valence-corrected chi connectivity index (χ2v) is 3.12. The number of hydrogen-bond donors (Lipinski definition) is 1. The van der Waals surface area contributed by atoms with Gasteiger partial charge in [0.25, 0.3) is 0 Å². The maximum atomic E-state index is 5.94. The van der Waals surface area contributed by atoms with E-state index in [-0.39, 0.29) is 6.04 Å². The van der Waals surface area contributed by atoms with Crippen LogP contribution in [0.1, 0.15) is 11.7 Å². The van der Waals surface area contributed by atoms with E-state index >= 15 is 0 Å². The minimum atomic E-state index is -0.141. The van der Waals surface area contributed by atoms with E-state index in [1.165, 1.54) is 4.80 Å². The van der Waals surface area contributed by atoms with Crippen LogP contribution in [0.3, 0.4) is 0 Å². The van der Waals surface area contributed by atoms with Gasteiger partial charge in [-0.1, -0.05) is 0 Å². The zero-order valence-corrected chi connectivity index (χ0v) is 7.91. The van der Waals surface area contributed by atoms with Crippen LogP contribution in [0.25, 0.3) is 0 Å². The van der Waals surface area contributed by atoms with Crippen LogP contribution in [0, 0.1) is 0 Å². The quantitative estimate of drug-likeness (QED) is 0.725. The lowest BCUT2D eigenvalue weighted by Gasteiger charge is -2.08. The Hall–Kier alpha value is -1.69. The van der Waals surface area contributed by atoms with E-state index in [2.05, 4.69) is 15.2 Å². The molecular weight excluding hydrogens is 180 g/mol. The lowest BCUT2D eigenvalue weighted by atomic mass is 10.2. The van der Waals surface area contributed by atoms with Crippen molar-refractivity contribution in [2.45, 2.75) is 12.6 Å². The monoisotopic (exact) mass is 192 g/mol. The van der Waals surface area contributed by atoms with Crippen molar-refractivity contribution in [2.24, 2.45) is 12.8 Å². The Morgan fingerprint density at radius 2 is 2.43 bits per heavy atom. The average Bonchev–Trinajstić information content (AvgIpc) is 2.75. The van der Waals surface area contributed by atoms with E-state index in [0.717, 1.165) is 5.69 Å². The third kappa shape index (κ3) is 1.80. The van der Waals surface area contributed by atoms with Gasteiger partial charge in [-0.15, -0.1) is 0 Å². The summed E-state index contributed by atoms with van der Waals surface area (Å²) in [6.45, 7) is 0.665. The fourth-order valence-electron chi connectivity index (χ4n) is 1.25. The van der Waals surface area contributed by atoms with Gasteiger partial charge in [0.05, 0.1) is 18.6 Å². The summed E-state index contributed by atoms with van der Waals surface area (Å²) in [5, 5.41) is 8.11. The first-order valence-corrected chi connectivity index (χ1v) is 4.33. The number of aromatic nitrogens is 5. The predicted molar refractivity (Wildman–Crippen MR) is 50.2 cm³/mol. The Balaban J connectivity index is 2.06. The molecule has 0 saturated heterocycles. The summed E-state index contributed by atoms with van der Waals surface area (Å²) in [5.41, 5.74) is 6.73. The summed E-state index contributed by atoms with van der Waals surface area (Å²) in [6, 6.07) is -0.141. The molecule has 6 heteroatoms. The maximum Gasteiger partial charge on any atom is 0.101 e. The third-order valence-corrected chi connectivity index (χ3v) is 1.96. The Bertz CT molecular complexity index is 390. The molecule has 0 saturated carbocycles. The normalized spacial score (nSPS) is 13.0. The molecule has 0 bridgehead atoms. The molecule has 0 fully saturated rings. The standard InChI is InChI=1S/C8H12N6/c1-13-11-4-8(12-13)7(9)5-14-3-2-10-6-14/h2-4,6-7H,5,9H2,1H3. The number of nitrogens with two attached hydrogens (primary N) is 1. The van der Waals surface area contributed by atoms with Crippen molar-refractivity contribution >= 4 is 0 Å². The molecule has 2 aromatic rings. The van der Waals surface area contributed by atoms with Gasteiger partial charge in [0.15, 0.2) is 0 Å². The summed E-state index contributed by atoms with van der Waals surface area (Å²) in [6.07, 6.45) is 7.01. The van der Waals surface area contributed by atoms with Crippen LogP contribution in [0.2, 0.25) is 0 Å². The molecule has 2 aromatic heterocycles. The van der Waals surface area contributed by atoms with Gasteiger partial charge in [-0.05, 0) is 0 Å². The molecule has 0 aliphatic heterocycles. The summed E-state index contributed by atoms with van der Waals surface area (Å²) in [5.74, 6) is 0. The highest BCUT2D eigenvalue weighted by molar-refractivity contribution is 4.98. The van der Waals surface area contributed by atoms with Crippen LogP contribution in [0.4, 0.5) is 0 Å². The van der Waals surface area contributed by atoms with Crippen molar-refractivity contribution in [2.75, 3.05) is 0 Å². The summed E-state index contributed by atoms with van der Waals surface area (Å²) in [7, 11) is 1.77. The highest BCUT2D eigenvalue weighted by Gasteiger charge is 2.09. The van der Waals surface area contributed by atoms with Crippen molar-refractivity contribution in [1.29, 1.82) is 0 Å². The summed E-state index contributed by atoms with van der Waals surface area (Å²) >= 11 is 0. The molecule has 0 aliphatic rings. The van der Waals surface area contributed by atoms with Crippen LogP contribution in [0.15, 0.2) is 24.9 Å². The molecule has 2 N–H and O–H groups in total. The highest BCUT2D eigenvalue weighted by atomic mass is 15.4. The largest absolute Gasteiger partial charge is 0.336 e. The minimum absolute atomic E-state index is 0.141. The first-order valence-electron chi connectivity index (χ1n) is 4.33. The van der Waals surface area contributed by atoms with Crippen molar-refractivity contribution in [3.8, 4) is 0 Å². The van der Waals surface area contributed by atoms with Gasteiger partial charge in [-0.25, -0.2) is 4.98 Å². The number of imidazole rings is 1. The van der Waals surface area contributed by atoms with Crippen LogP contribution in [0.5, 0.6) is 0 Å². The molecule has 74 valence electrons. The Morgan fingerprint density at radius 3 is 3.00 bits per heavy atom. The summed E-state index contributed by atoms with van der Waals surface area (Å²) < 4.78 is 1.92. The SMILES string of the molecule is Cn1ncc(C(N)Cn2ccnc2)n1. The second-order valence-electron chi connectivity index (χ2n) is 3.12. The molecule has 0 aliphatic carbocycles. The molecule has 1 atom stereocenters. The molecular formula is C8H12N6. The van der Waals surface area contributed by atoms with E-state index in [0.29, 0.717) is 6.54 Å². The van der Waals surface area contributed by atoms with Crippen LogP contribution < -0.4 is 5.73 Å². The van der Waals surface area contributed by atoms with E-state index in [4.69, 9.17) is 5.73 Å². The molecule has 0 spiro atoms. The Kier molecular flexibility index (Phi) is 2.28. The fourth-order valence-corrected chi connectivity index (χ4v) is 1.25. The van der Waals surface area contributed by atoms with E-state index in [1.807, 2.05) is 10.8 Å². The van der Waals surface area contributed by atoms with Crippen LogP contribution >= 0.6 is 0 Å². The molecule has 1 unspecified atom stereocenters. The van der Waals surface area contributed by atoms with Crippen LogP contribution in [-0.4, -0.2) is 24.5 Å². The highest BCUT2D eigenvalue weighted by Crippen LogP contribution is 2.07. The fraction of sp³-hybridized carbons (Fsp3) is 0.375. The van der Waals surface area contributed by atoms with E-state index in [1.54, 1.807) is 25.8 Å². The second kappa shape index (κ2) is 3.59. The topological polar surface area (TPSA) is 74.6 Å². The Labute approximate surface area is 81.4 Å². The van der Waals surface area contributed by atoms with Gasteiger partial charge in [-0.2, -0.15) is 15.0 Å². The molecule has 0 amide bonds. The molecule has 6 nitrogen and oxygen atoms in total. The van der Waals surface area contributed by atoms with Gasteiger partial charge >= 0.3 is 0 Å². The molecule has 2 heterocycles. The van der Waals surface area contributed by atoms with Crippen LogP contribution in [-0.2, 0) is 13.6 Å². The molecule has 14 heavy (non-hydrogen) atoms. The van der Waals surface area contributed by atoms with Gasteiger partial charge in [0, 0.05) is 26.0 Å². The summed E-state index contributed by atoms with van der Waals surface area (Å²) in [4.78, 5) is 5.44. The van der Waals surface area contributed by atoms with E-state index < -0.39 is 0 Å². The molecule has 0 aromatic carbocycles. The smallest absolute Gasteiger partial charge is 0.101 e. The minimum Gasteiger partial charge on any atom is -0.336 e. The van der Waals surface area contributed by atoms with Crippen molar-refractivity contribution < 1.29 is 0 Å². The number of hydrogen-bond acceptors (Lipinski definition) is 4. The van der Waals surface area contributed by atoms with Crippen molar-refractivity contribution in [1.82, 2.24) is 24.5 Å². The lowest BCUT2D eigenvalue weighted by Crippen LogP contribution is -2.17. The number of nitrogens with zero attached hydrogens (tertiary/aromatic N) is 5. The lowest BCUT2D eigenvalue weighted by molar-refractivity contribution is 0.550. The molecule has 2 rings (SSSR count). The van der Waals surface area contributed by atoms with Gasteiger partial charge < -0.3 is 10.3 Å². The Morgan fingerprint density at radius 1 is 1.57 bits per heavy atom. The zero-order valence-electron chi connectivity index (χ0n) is 7.91. The van der Waals surface area contributed by atoms with Gasteiger partial charge in [-0.3, -0.25) is 0 Å². The van der Waals surface area contributed by atoms with E-state index in [9.17, 15) is 0 Å². The molecule has 0 radical (unpaired) electrons. The number of aryl methyl sites for hydroxylation is 1. The first-order chi connectivity index (χ1) is 6.75. The van der Waals surface area contributed by atoms with Gasteiger partial charge in [0.2, 0.25) is 0 Å². The van der Waals surface area contributed by atoms with Crippen molar-refractivity contribution in [3.05, 3.63) is 30.6 Å². The first kappa shape index (κ1) is 8.89.